The van der Waals surface area contributed by atoms with Gasteiger partial charge in [-0.25, -0.2) is 0 Å². The van der Waals surface area contributed by atoms with Crippen molar-refractivity contribution in [3.63, 3.8) is 0 Å². The van der Waals surface area contributed by atoms with Crippen molar-refractivity contribution in [2.24, 2.45) is 0 Å². The summed E-state index contributed by atoms with van der Waals surface area (Å²) in [6.45, 7) is 0. The van der Waals surface area contributed by atoms with Crippen LogP contribution in [0, 0.1) is 62.2 Å². The Hall–Kier alpha value is 2.90. The van der Waals surface area contributed by atoms with Crippen LogP contribution < -0.4 is 0 Å². The first-order valence-electron chi connectivity index (χ1n) is 0.218. The van der Waals surface area contributed by atoms with Crippen molar-refractivity contribution in [3.8, 4) is 0 Å². The van der Waals surface area contributed by atoms with Crippen molar-refractivity contribution in [2.75, 3.05) is 0 Å². The minimum atomic E-state index is 0. The molecule has 0 aromatic heterocycles. The molecule has 0 aliphatic heterocycles. The predicted octanol–water partition coefficient (Wildman–Crippen LogP) is 0.505. The monoisotopic (exact) mass is 614 g/mol. The second-order valence-corrected chi connectivity index (χ2v) is 0. The molecule has 0 atom stereocenters. The minimum absolute atomic E-state index is 0. The van der Waals surface area contributed by atoms with Crippen LogP contribution in [0.2, 0.25) is 0 Å². The second-order valence-electron chi connectivity index (χ2n) is 0. The van der Waals surface area contributed by atoms with Crippen LogP contribution in [-0.2, 0) is 0 Å². The molecule has 2 radical (unpaired) electrons. The van der Waals surface area contributed by atoms with Gasteiger partial charge in [0.2, 0.25) is 0 Å². The van der Waals surface area contributed by atoms with Crippen LogP contribution in [0.3, 0.4) is 0 Å². The van der Waals surface area contributed by atoms with Crippen LogP contribution in [0.5, 0.6) is 0 Å². The van der Waals surface area contributed by atoms with Gasteiger partial charge in [-0.2, -0.15) is 22.4 Å². The largest absolute Gasteiger partial charge is 0.169 e. The number of rotatable bonds is 0. The summed E-state index contributed by atoms with van der Waals surface area (Å²) in [6, 6.07) is 0. The summed E-state index contributed by atoms with van der Waals surface area (Å²) >= 11 is 1.65. The Morgan fingerprint density at radius 1 is 1.00 bits per heavy atom. The summed E-state index contributed by atoms with van der Waals surface area (Å²) in [6.07, 6.45) is 0. The summed E-state index contributed by atoms with van der Waals surface area (Å²) in [5.74, 6) is 0. The van der Waals surface area contributed by atoms with Crippen molar-refractivity contribution in [1.82, 2.24) is 0 Å². The van der Waals surface area contributed by atoms with Gasteiger partial charge in [0.1, 0.15) is 0 Å². The smallest absolute Gasteiger partial charge is 0.169 e. The van der Waals surface area contributed by atoms with Crippen LogP contribution in [0.1, 0.15) is 0 Å². The third-order valence-electron chi connectivity index (χ3n) is 0. The summed E-state index contributed by atoms with van der Waals surface area (Å²) in [5, 5.41) is 0. The van der Waals surface area contributed by atoms with Gasteiger partial charge in [0, 0.05) is 62.2 Å². The van der Waals surface area contributed by atoms with Gasteiger partial charge in [-0.05, 0) is 0 Å². The molecular weight excluding hydrogens is 614 g/mol. The van der Waals surface area contributed by atoms with Gasteiger partial charge in [-0.3, -0.25) is 0 Å². The Balaban J connectivity index is -0.00000000500. The van der Waals surface area contributed by atoms with Crippen molar-refractivity contribution < 1.29 is 62.2 Å². The Bertz CT molecular complexity index is 6.00. The maximum atomic E-state index is 4.47. The van der Waals surface area contributed by atoms with E-state index >= 15 is 0 Å². The maximum Gasteiger partial charge on any atom is 0.169 e. The molecule has 0 heterocycles. The van der Waals surface area contributed by atoms with E-state index in [1.54, 1.807) is 22.4 Å². The zero-order valence-corrected chi connectivity index (χ0v) is 12.4. The number of halogens is 1. The van der Waals surface area contributed by atoms with Crippen LogP contribution in [0.15, 0.2) is 0 Å². The van der Waals surface area contributed by atoms with Gasteiger partial charge < -0.3 is 0 Å². The molecule has 0 bridgehead atoms. The fraction of sp³-hybridized carbons (Fsp3) is 0. The fourth-order valence-corrected chi connectivity index (χ4v) is 0. The molecule has 0 N–H and O–H groups in total. The summed E-state index contributed by atoms with van der Waals surface area (Å²) < 4.78 is 0. The van der Waals surface area contributed by atoms with E-state index in [1.165, 1.54) is 0 Å². The Labute approximate surface area is 88.3 Å². The first kappa shape index (κ1) is 15.8. The maximum absolute atomic E-state index is 4.47. The van der Waals surface area contributed by atoms with E-state index in [9.17, 15) is 0 Å². The molecule has 0 unspecified atom stereocenters. The average molecular weight is 614 g/mol. The molecule has 0 aliphatic rings. The normalized spacial score (nSPS) is 1.25. The topological polar surface area (TPSA) is 0 Å². The fourth-order valence-electron chi connectivity index (χ4n) is 0. The Morgan fingerprint density at radius 2 is 1.00 bits per heavy atom. The molecule has 18 valence electrons. The zero-order chi connectivity index (χ0) is 2.00. The molecular formula is BIU2. The molecule has 4 heteroatoms. The van der Waals surface area contributed by atoms with Gasteiger partial charge in [0.25, 0.3) is 0 Å². The molecule has 0 aliphatic carbocycles. The molecule has 0 fully saturated rings. The number of hydrogen-bond donors (Lipinski definition) is 0. The van der Waals surface area contributed by atoms with E-state index in [-0.39, 0.29) is 62.2 Å². The SMILES string of the molecule is [B]I.[U].[U]. The molecule has 0 saturated heterocycles. The summed E-state index contributed by atoms with van der Waals surface area (Å²) in [4.78, 5) is 0. The first-order valence-corrected chi connectivity index (χ1v) is 1.46. The molecule has 0 amide bonds. The van der Waals surface area contributed by atoms with Crippen molar-refractivity contribution in [3.05, 3.63) is 0 Å². The van der Waals surface area contributed by atoms with E-state index in [0.717, 1.165) is 0 Å². The molecule has 0 nitrogen and oxygen atoms in total. The standard InChI is InChI=1S/BI.2U/c1-2;;. The molecule has 0 saturated carbocycles. The van der Waals surface area contributed by atoms with Crippen molar-refractivity contribution >= 4 is 28.1 Å². The summed E-state index contributed by atoms with van der Waals surface area (Å²) in [5.41, 5.74) is 4.47. The zero-order valence-electron chi connectivity index (χ0n) is 1.96. The van der Waals surface area contributed by atoms with Crippen LogP contribution in [0.25, 0.3) is 0 Å². The molecule has 0 aromatic rings. The van der Waals surface area contributed by atoms with E-state index in [4.69, 9.17) is 0 Å². The van der Waals surface area contributed by atoms with Crippen LogP contribution >= 0.6 is 22.4 Å². The molecule has 0 rings (SSSR count). The van der Waals surface area contributed by atoms with Crippen LogP contribution in [-0.4, -0.2) is 5.70 Å². The summed E-state index contributed by atoms with van der Waals surface area (Å²) in [7, 11) is 0. The van der Waals surface area contributed by atoms with E-state index in [1.807, 2.05) is 0 Å². The van der Waals surface area contributed by atoms with E-state index in [0.29, 0.717) is 0 Å². The van der Waals surface area contributed by atoms with Gasteiger partial charge in [0.05, 0.1) is 0 Å². The minimum Gasteiger partial charge on any atom is -0.169 e. The quantitative estimate of drug-likeness (QED) is 0.276. The number of hydrogen-bond acceptors (Lipinski definition) is 0. The predicted molar refractivity (Wildman–Crippen MR) is 19.8 cm³/mol. The van der Waals surface area contributed by atoms with Gasteiger partial charge in [0.15, 0.2) is 5.70 Å². The van der Waals surface area contributed by atoms with E-state index in [2.05, 4.69) is 5.70 Å². The van der Waals surface area contributed by atoms with E-state index < -0.39 is 0 Å². The second kappa shape index (κ2) is 16.8. The molecule has 0 aromatic carbocycles. The Kier molecular flexibility index (Phi) is 66.5. The van der Waals surface area contributed by atoms with Gasteiger partial charge >= 0.3 is 0 Å². The van der Waals surface area contributed by atoms with Gasteiger partial charge in [-0.15, -0.1) is 0 Å². The molecule has 0 spiro atoms. The third-order valence-corrected chi connectivity index (χ3v) is 0. The third kappa shape index (κ3) is 8.86. The Morgan fingerprint density at radius 3 is 1.00 bits per heavy atom. The first-order chi connectivity index (χ1) is 1.00. The molecule has 4 heavy (non-hydrogen) atoms. The average Bonchev–Trinajstić information content (AvgIpc) is 1.00. The van der Waals surface area contributed by atoms with Crippen molar-refractivity contribution in [1.29, 1.82) is 0 Å². The van der Waals surface area contributed by atoms with Gasteiger partial charge in [-0.1, -0.05) is 0 Å². The van der Waals surface area contributed by atoms with Crippen LogP contribution in [0.4, 0.5) is 0 Å². The van der Waals surface area contributed by atoms with Crippen molar-refractivity contribution in [2.45, 2.75) is 0 Å².